The van der Waals surface area contributed by atoms with Gasteiger partial charge in [0.25, 0.3) is 0 Å². The van der Waals surface area contributed by atoms with Gasteiger partial charge in [0.1, 0.15) is 5.60 Å². The highest BCUT2D eigenvalue weighted by atomic mass is 16.5. The van der Waals surface area contributed by atoms with E-state index in [4.69, 9.17) is 4.74 Å². The fourth-order valence-electron chi connectivity index (χ4n) is 1.65. The number of hydrogen-bond donors (Lipinski definition) is 1. The van der Waals surface area contributed by atoms with E-state index in [-0.39, 0.29) is 5.60 Å². The van der Waals surface area contributed by atoms with Crippen molar-refractivity contribution < 1.29 is 4.74 Å². The first-order chi connectivity index (χ1) is 6.81. The first-order valence-electron chi connectivity index (χ1n) is 5.84. The molecule has 2 fully saturated rings. The van der Waals surface area contributed by atoms with Crippen LogP contribution in [0.2, 0.25) is 0 Å². The van der Waals surface area contributed by atoms with Crippen molar-refractivity contribution in [2.24, 2.45) is 0 Å². The minimum Gasteiger partial charge on any atom is -0.370 e. The summed E-state index contributed by atoms with van der Waals surface area (Å²) in [5.41, 5.74) is 0.188. The smallest absolute Gasteiger partial charge is 0.106 e. The zero-order valence-corrected chi connectivity index (χ0v) is 10.4. The monoisotopic (exact) mass is 202 g/mol. The predicted octanol–water partition coefficient (Wildman–Crippen LogP) is 1.34. The number of ether oxygens (including phenoxy) is 1. The second kappa shape index (κ2) is 7.21. The molecule has 0 saturated carbocycles. The standard InChI is InChI=1S/C7H14N2O.2C2H6/c1-9-2-3-10-7(6-9)4-8-5-7;2*1-2/h8H,2-6H2,1H3;2*1-2H3. The highest BCUT2D eigenvalue weighted by Crippen LogP contribution is 2.20. The highest BCUT2D eigenvalue weighted by Gasteiger charge is 2.40. The highest BCUT2D eigenvalue weighted by molar-refractivity contribution is 4.98. The van der Waals surface area contributed by atoms with Crippen LogP contribution in [0.1, 0.15) is 27.7 Å². The van der Waals surface area contributed by atoms with Gasteiger partial charge in [-0.05, 0) is 7.05 Å². The third kappa shape index (κ3) is 3.56. The molecule has 0 bridgehead atoms. The maximum absolute atomic E-state index is 5.67. The molecule has 0 aromatic rings. The molecular weight excluding hydrogens is 176 g/mol. The summed E-state index contributed by atoms with van der Waals surface area (Å²) in [5, 5.41) is 3.24. The molecule has 86 valence electrons. The molecule has 2 rings (SSSR count). The van der Waals surface area contributed by atoms with E-state index in [2.05, 4.69) is 17.3 Å². The van der Waals surface area contributed by atoms with Gasteiger partial charge in [0.2, 0.25) is 0 Å². The number of hydrogen-bond acceptors (Lipinski definition) is 3. The van der Waals surface area contributed by atoms with Crippen molar-refractivity contribution in [1.82, 2.24) is 10.2 Å². The van der Waals surface area contributed by atoms with Gasteiger partial charge in [-0.3, -0.25) is 0 Å². The Kier molecular flexibility index (Phi) is 7.15. The Hall–Kier alpha value is -0.120. The maximum atomic E-state index is 5.67. The van der Waals surface area contributed by atoms with Crippen molar-refractivity contribution in [3.63, 3.8) is 0 Å². The minimum atomic E-state index is 0.188. The third-order valence-corrected chi connectivity index (χ3v) is 2.33. The Labute approximate surface area is 88.8 Å². The Bertz CT molecular complexity index is 135. The topological polar surface area (TPSA) is 24.5 Å². The molecule has 0 atom stereocenters. The van der Waals surface area contributed by atoms with E-state index >= 15 is 0 Å². The first kappa shape index (κ1) is 13.9. The van der Waals surface area contributed by atoms with Gasteiger partial charge in [0.15, 0.2) is 0 Å². The van der Waals surface area contributed by atoms with Gasteiger partial charge >= 0.3 is 0 Å². The van der Waals surface area contributed by atoms with Gasteiger partial charge in [-0.2, -0.15) is 0 Å². The lowest BCUT2D eigenvalue weighted by Crippen LogP contribution is -2.68. The lowest BCUT2D eigenvalue weighted by Gasteiger charge is -2.47. The quantitative estimate of drug-likeness (QED) is 0.641. The average molecular weight is 202 g/mol. The molecule has 0 amide bonds. The number of nitrogens with one attached hydrogen (secondary N) is 1. The van der Waals surface area contributed by atoms with Crippen LogP contribution in [-0.4, -0.2) is 50.3 Å². The van der Waals surface area contributed by atoms with Crippen LogP contribution in [0.25, 0.3) is 0 Å². The van der Waals surface area contributed by atoms with Crippen LogP contribution in [0.3, 0.4) is 0 Å². The van der Waals surface area contributed by atoms with Crippen molar-refractivity contribution in [1.29, 1.82) is 0 Å². The van der Waals surface area contributed by atoms with Crippen molar-refractivity contribution in [3.8, 4) is 0 Å². The predicted molar refractivity (Wildman–Crippen MR) is 61.7 cm³/mol. The Morgan fingerprint density at radius 1 is 1.14 bits per heavy atom. The molecule has 3 heteroatoms. The first-order valence-corrected chi connectivity index (χ1v) is 5.84. The molecular formula is C11H26N2O. The van der Waals surface area contributed by atoms with Crippen LogP contribution < -0.4 is 5.32 Å². The molecule has 2 saturated heterocycles. The van der Waals surface area contributed by atoms with E-state index in [9.17, 15) is 0 Å². The van der Waals surface area contributed by atoms with Crippen molar-refractivity contribution in [3.05, 3.63) is 0 Å². The lowest BCUT2D eigenvalue weighted by molar-refractivity contribution is -0.130. The average Bonchev–Trinajstić information content (AvgIpc) is 2.22. The molecule has 1 N–H and O–H groups in total. The third-order valence-electron chi connectivity index (χ3n) is 2.33. The lowest BCUT2D eigenvalue weighted by atomic mass is 9.95. The van der Waals surface area contributed by atoms with Gasteiger partial charge in [0.05, 0.1) is 6.61 Å². The zero-order valence-electron chi connectivity index (χ0n) is 10.4. The summed E-state index contributed by atoms with van der Waals surface area (Å²) in [6, 6.07) is 0. The van der Waals surface area contributed by atoms with Gasteiger partial charge in [-0.25, -0.2) is 0 Å². The van der Waals surface area contributed by atoms with Crippen LogP contribution in [0, 0.1) is 0 Å². The van der Waals surface area contributed by atoms with Gasteiger partial charge in [-0.1, -0.05) is 27.7 Å². The molecule has 0 radical (unpaired) electrons. The number of nitrogens with zero attached hydrogens (tertiary/aromatic N) is 1. The van der Waals surface area contributed by atoms with E-state index in [0.717, 1.165) is 32.8 Å². The number of rotatable bonds is 0. The Morgan fingerprint density at radius 3 is 2.00 bits per heavy atom. The van der Waals surface area contributed by atoms with Crippen LogP contribution in [0.5, 0.6) is 0 Å². The van der Waals surface area contributed by atoms with E-state index in [1.165, 1.54) is 0 Å². The number of morpholine rings is 1. The van der Waals surface area contributed by atoms with Gasteiger partial charge < -0.3 is 15.0 Å². The molecule has 2 heterocycles. The molecule has 1 spiro atoms. The second-order valence-electron chi connectivity index (χ2n) is 3.37. The summed E-state index contributed by atoms with van der Waals surface area (Å²) >= 11 is 0. The number of likely N-dealkylation sites (N-methyl/N-ethyl adjacent to an activating group) is 1. The molecule has 0 aromatic heterocycles. The zero-order chi connectivity index (χ0) is 11.0. The van der Waals surface area contributed by atoms with Crippen LogP contribution in [0.15, 0.2) is 0 Å². The molecule has 14 heavy (non-hydrogen) atoms. The van der Waals surface area contributed by atoms with Gasteiger partial charge in [0, 0.05) is 26.2 Å². The molecule has 0 unspecified atom stereocenters. The van der Waals surface area contributed by atoms with E-state index in [1.807, 2.05) is 27.7 Å². The summed E-state index contributed by atoms with van der Waals surface area (Å²) in [7, 11) is 2.16. The fourth-order valence-corrected chi connectivity index (χ4v) is 1.65. The molecule has 3 nitrogen and oxygen atoms in total. The summed E-state index contributed by atoms with van der Waals surface area (Å²) in [4.78, 5) is 2.34. The van der Waals surface area contributed by atoms with Gasteiger partial charge in [-0.15, -0.1) is 0 Å². The molecule has 0 aromatic carbocycles. The van der Waals surface area contributed by atoms with Crippen LogP contribution in [-0.2, 0) is 4.74 Å². The summed E-state index contributed by atoms with van der Waals surface area (Å²) in [6.07, 6.45) is 0. The van der Waals surface area contributed by atoms with Crippen LogP contribution in [0.4, 0.5) is 0 Å². The molecule has 2 aliphatic heterocycles. The normalized spacial score (nSPS) is 23.8. The minimum absolute atomic E-state index is 0.188. The van der Waals surface area contributed by atoms with Crippen molar-refractivity contribution >= 4 is 0 Å². The maximum Gasteiger partial charge on any atom is 0.106 e. The molecule has 0 aliphatic carbocycles. The van der Waals surface area contributed by atoms with Crippen molar-refractivity contribution in [2.45, 2.75) is 33.3 Å². The van der Waals surface area contributed by atoms with E-state index in [0.29, 0.717) is 0 Å². The van der Waals surface area contributed by atoms with E-state index < -0.39 is 0 Å². The van der Waals surface area contributed by atoms with Crippen LogP contribution >= 0.6 is 0 Å². The SMILES string of the molecule is CC.CC.CN1CCOC2(CNC2)C1. The van der Waals surface area contributed by atoms with E-state index in [1.54, 1.807) is 0 Å². The summed E-state index contributed by atoms with van der Waals surface area (Å²) < 4.78 is 5.67. The summed E-state index contributed by atoms with van der Waals surface area (Å²) in [5.74, 6) is 0. The van der Waals surface area contributed by atoms with Crippen molar-refractivity contribution in [2.75, 3.05) is 39.8 Å². The molecule has 2 aliphatic rings. The largest absolute Gasteiger partial charge is 0.370 e. The Balaban J connectivity index is 0.000000379. The Morgan fingerprint density at radius 2 is 1.71 bits per heavy atom. The fraction of sp³-hybridized carbons (Fsp3) is 1.00. The summed E-state index contributed by atoms with van der Waals surface area (Å²) in [6.45, 7) is 13.2. The second-order valence-corrected chi connectivity index (χ2v) is 3.37.